The molecule has 136 valence electrons. The SMILES string of the molecule is CCOP(=O)(OCC)[C@H](C)NC(=O)[C@H](C)NC(=O)OC(C)(C)C. The molecule has 0 aromatic carbocycles. The van der Waals surface area contributed by atoms with Crippen molar-refractivity contribution in [1.82, 2.24) is 10.6 Å². The van der Waals surface area contributed by atoms with Crippen molar-refractivity contribution in [3.8, 4) is 0 Å². The van der Waals surface area contributed by atoms with Crippen molar-refractivity contribution in [2.45, 2.75) is 65.9 Å². The molecule has 2 N–H and O–H groups in total. The van der Waals surface area contributed by atoms with Crippen LogP contribution in [0.25, 0.3) is 0 Å². The van der Waals surface area contributed by atoms with Crippen LogP contribution in [-0.4, -0.2) is 42.6 Å². The molecule has 0 spiro atoms. The van der Waals surface area contributed by atoms with Gasteiger partial charge < -0.3 is 24.4 Å². The standard InChI is InChI=1S/C14H29N2O6P/c1-8-20-23(19,21-9-2)11(4)16-12(17)10(3)15-13(18)22-14(5,6)7/h10-11H,8-9H2,1-7H3,(H,15,18)(H,16,17)/t10-,11+/m0/s1. The predicted octanol–water partition coefficient (Wildman–Crippen LogP) is 2.63. The number of carbonyl (C=O) groups excluding carboxylic acids is 2. The Labute approximate surface area is 138 Å². The summed E-state index contributed by atoms with van der Waals surface area (Å²) in [6.07, 6.45) is -0.703. The summed E-state index contributed by atoms with van der Waals surface area (Å²) in [6.45, 7) is 12.0. The topological polar surface area (TPSA) is 103 Å². The van der Waals surface area contributed by atoms with Crippen molar-refractivity contribution in [1.29, 1.82) is 0 Å². The fourth-order valence-corrected chi connectivity index (χ4v) is 3.11. The maximum atomic E-state index is 12.5. The average Bonchev–Trinajstić information content (AvgIpc) is 2.36. The van der Waals surface area contributed by atoms with Crippen molar-refractivity contribution in [3.63, 3.8) is 0 Å². The van der Waals surface area contributed by atoms with Gasteiger partial charge in [-0.2, -0.15) is 0 Å². The van der Waals surface area contributed by atoms with Gasteiger partial charge in [-0.15, -0.1) is 0 Å². The summed E-state index contributed by atoms with van der Waals surface area (Å²) in [6, 6.07) is -0.857. The Bertz CT molecular complexity index is 439. The summed E-state index contributed by atoms with van der Waals surface area (Å²) in [5.74, 6) is -1.35. The van der Waals surface area contributed by atoms with E-state index in [0.717, 1.165) is 0 Å². The first-order chi connectivity index (χ1) is 10.4. The van der Waals surface area contributed by atoms with Gasteiger partial charge in [0.1, 0.15) is 17.4 Å². The van der Waals surface area contributed by atoms with E-state index in [2.05, 4.69) is 10.6 Å². The van der Waals surface area contributed by atoms with E-state index in [1.165, 1.54) is 13.8 Å². The minimum atomic E-state index is -3.45. The average molecular weight is 352 g/mol. The summed E-state index contributed by atoms with van der Waals surface area (Å²) in [5.41, 5.74) is -0.660. The lowest BCUT2D eigenvalue weighted by molar-refractivity contribution is -0.123. The summed E-state index contributed by atoms with van der Waals surface area (Å²) in [4.78, 5) is 23.7. The molecular formula is C14H29N2O6P. The highest BCUT2D eigenvalue weighted by atomic mass is 31.2. The molecule has 0 saturated carbocycles. The second-order valence-corrected chi connectivity index (χ2v) is 8.30. The van der Waals surface area contributed by atoms with Crippen molar-refractivity contribution in [3.05, 3.63) is 0 Å². The molecule has 0 unspecified atom stereocenters. The normalized spacial score (nSPS) is 14.7. The molecule has 0 fully saturated rings. The van der Waals surface area contributed by atoms with Crippen molar-refractivity contribution in [2.75, 3.05) is 13.2 Å². The summed E-state index contributed by atoms with van der Waals surface area (Å²) < 4.78 is 27.9. The monoisotopic (exact) mass is 352 g/mol. The Balaban J connectivity index is 4.66. The number of hydrogen-bond acceptors (Lipinski definition) is 6. The van der Waals surface area contributed by atoms with Crippen LogP contribution in [0.2, 0.25) is 0 Å². The van der Waals surface area contributed by atoms with Gasteiger partial charge in [0, 0.05) is 0 Å². The lowest BCUT2D eigenvalue weighted by atomic mass is 10.2. The van der Waals surface area contributed by atoms with Crippen LogP contribution in [0.15, 0.2) is 0 Å². The molecule has 0 aliphatic heterocycles. The highest BCUT2D eigenvalue weighted by Crippen LogP contribution is 2.51. The maximum absolute atomic E-state index is 12.5. The van der Waals surface area contributed by atoms with Gasteiger partial charge in [0.15, 0.2) is 0 Å². The van der Waals surface area contributed by atoms with E-state index in [4.69, 9.17) is 13.8 Å². The van der Waals surface area contributed by atoms with E-state index in [-0.39, 0.29) is 13.2 Å². The maximum Gasteiger partial charge on any atom is 0.408 e. The zero-order valence-corrected chi connectivity index (χ0v) is 15.9. The van der Waals surface area contributed by atoms with E-state index in [1.54, 1.807) is 34.6 Å². The lowest BCUT2D eigenvalue weighted by Crippen LogP contribution is -2.48. The molecule has 0 saturated heterocycles. The van der Waals surface area contributed by atoms with Crippen LogP contribution in [0.5, 0.6) is 0 Å². The van der Waals surface area contributed by atoms with Gasteiger partial charge in [0.05, 0.1) is 13.2 Å². The molecule has 0 aromatic rings. The Morgan fingerprint density at radius 3 is 1.91 bits per heavy atom. The molecule has 0 heterocycles. The lowest BCUT2D eigenvalue weighted by Gasteiger charge is -2.26. The van der Waals surface area contributed by atoms with Crippen LogP contribution < -0.4 is 10.6 Å². The molecule has 0 rings (SSSR count). The molecule has 0 bridgehead atoms. The van der Waals surface area contributed by atoms with Crippen molar-refractivity contribution in [2.24, 2.45) is 0 Å². The first-order valence-electron chi connectivity index (χ1n) is 7.63. The van der Waals surface area contributed by atoms with E-state index in [1.807, 2.05) is 0 Å². The van der Waals surface area contributed by atoms with Gasteiger partial charge in [-0.25, -0.2) is 4.79 Å². The summed E-state index contributed by atoms with van der Waals surface area (Å²) >= 11 is 0. The van der Waals surface area contributed by atoms with Gasteiger partial charge in [0.2, 0.25) is 5.91 Å². The van der Waals surface area contributed by atoms with Gasteiger partial charge in [-0.3, -0.25) is 9.36 Å². The number of carbonyl (C=O) groups is 2. The molecule has 23 heavy (non-hydrogen) atoms. The van der Waals surface area contributed by atoms with Crippen molar-refractivity contribution < 1.29 is 27.9 Å². The second kappa shape index (κ2) is 9.25. The van der Waals surface area contributed by atoms with Crippen LogP contribution in [0.3, 0.4) is 0 Å². The van der Waals surface area contributed by atoms with Gasteiger partial charge in [-0.05, 0) is 48.5 Å². The molecule has 2 amide bonds. The molecular weight excluding hydrogens is 323 g/mol. The Morgan fingerprint density at radius 2 is 1.52 bits per heavy atom. The van der Waals surface area contributed by atoms with Crippen LogP contribution in [0, 0.1) is 0 Å². The second-order valence-electron chi connectivity index (χ2n) is 5.93. The number of rotatable bonds is 8. The minimum absolute atomic E-state index is 0.198. The van der Waals surface area contributed by atoms with Gasteiger partial charge >= 0.3 is 13.7 Å². The Hall–Kier alpha value is -1.11. The molecule has 0 radical (unpaired) electrons. The minimum Gasteiger partial charge on any atom is -0.444 e. The fraction of sp³-hybridized carbons (Fsp3) is 0.857. The molecule has 8 nitrogen and oxygen atoms in total. The number of alkyl carbamates (subject to hydrolysis) is 1. The molecule has 0 aliphatic carbocycles. The number of ether oxygens (including phenoxy) is 1. The smallest absolute Gasteiger partial charge is 0.408 e. The zero-order chi connectivity index (χ0) is 18.3. The van der Waals surface area contributed by atoms with Crippen molar-refractivity contribution >= 4 is 19.6 Å². The zero-order valence-electron chi connectivity index (χ0n) is 15.0. The largest absolute Gasteiger partial charge is 0.444 e. The third kappa shape index (κ3) is 8.34. The fourth-order valence-electron chi connectivity index (χ4n) is 1.58. The first kappa shape index (κ1) is 21.9. The number of amides is 2. The third-order valence-electron chi connectivity index (χ3n) is 2.57. The van der Waals surface area contributed by atoms with Crippen LogP contribution in [0.4, 0.5) is 4.79 Å². The molecule has 0 aliphatic rings. The van der Waals surface area contributed by atoms with Gasteiger partial charge in [0.25, 0.3) is 0 Å². The quantitative estimate of drug-likeness (QED) is 0.651. The number of hydrogen-bond donors (Lipinski definition) is 2. The van der Waals surface area contributed by atoms with Gasteiger partial charge in [-0.1, -0.05) is 0 Å². The molecule has 9 heteroatoms. The summed E-state index contributed by atoms with van der Waals surface area (Å²) in [5, 5.41) is 4.95. The van der Waals surface area contributed by atoms with E-state index < -0.39 is 37.0 Å². The van der Waals surface area contributed by atoms with Crippen LogP contribution >= 0.6 is 7.60 Å². The van der Waals surface area contributed by atoms with Crippen LogP contribution in [0.1, 0.15) is 48.5 Å². The Kier molecular flexibility index (Phi) is 8.80. The molecule has 0 aromatic heterocycles. The first-order valence-corrected chi connectivity index (χ1v) is 9.25. The highest BCUT2D eigenvalue weighted by Gasteiger charge is 2.34. The van der Waals surface area contributed by atoms with E-state index >= 15 is 0 Å². The Morgan fingerprint density at radius 1 is 1.04 bits per heavy atom. The highest BCUT2D eigenvalue weighted by molar-refractivity contribution is 7.54. The van der Waals surface area contributed by atoms with E-state index in [9.17, 15) is 14.2 Å². The third-order valence-corrected chi connectivity index (χ3v) is 4.88. The molecule has 2 atom stereocenters. The number of nitrogens with one attached hydrogen (secondary N) is 2. The van der Waals surface area contributed by atoms with E-state index in [0.29, 0.717) is 0 Å². The predicted molar refractivity (Wildman–Crippen MR) is 87.3 cm³/mol. The van der Waals surface area contributed by atoms with Crippen LogP contribution in [-0.2, 0) is 23.1 Å². The summed E-state index contributed by atoms with van der Waals surface area (Å²) in [7, 11) is -3.45.